The summed E-state index contributed by atoms with van der Waals surface area (Å²) < 4.78 is 4.45. The van der Waals surface area contributed by atoms with Crippen molar-refractivity contribution in [3.63, 3.8) is 0 Å². The summed E-state index contributed by atoms with van der Waals surface area (Å²) in [7, 11) is 0. The fourth-order valence-corrected chi connectivity index (χ4v) is 8.92. The number of pyridine rings is 1. The van der Waals surface area contributed by atoms with E-state index < -0.39 is 0 Å². The van der Waals surface area contributed by atoms with E-state index in [1.165, 1.54) is 10.8 Å². The van der Waals surface area contributed by atoms with Gasteiger partial charge < -0.3 is 4.57 Å². The van der Waals surface area contributed by atoms with Gasteiger partial charge in [-0.2, -0.15) is 5.10 Å². The zero-order valence-electron chi connectivity index (χ0n) is 33.5. The first-order valence-electron chi connectivity index (χ1n) is 20.8. The SMILES string of the molecule is c1ccc(-c2nc(-c3cccc(-c4c(-c5ccccc5)nn5c(-c6ccccc6)cc6ccccc6c45)c3)nc(-c3cccc(-n4c5ccccc5c5ccccc54)c3)n2)cc1. The summed E-state index contributed by atoms with van der Waals surface area (Å²) in [5.74, 6) is 1.80. The van der Waals surface area contributed by atoms with Crippen molar-refractivity contribution >= 4 is 38.1 Å². The summed E-state index contributed by atoms with van der Waals surface area (Å²) in [4.78, 5) is 15.6. The van der Waals surface area contributed by atoms with E-state index >= 15 is 0 Å². The highest BCUT2D eigenvalue weighted by molar-refractivity contribution is 6.10. The lowest BCUT2D eigenvalue weighted by Crippen LogP contribution is -2.01. The number of hydrogen-bond acceptors (Lipinski definition) is 4. The van der Waals surface area contributed by atoms with E-state index in [1.54, 1.807) is 0 Å². The van der Waals surface area contributed by atoms with Gasteiger partial charge in [0.1, 0.15) is 5.69 Å². The number of rotatable bonds is 7. The van der Waals surface area contributed by atoms with E-state index in [0.717, 1.165) is 83.3 Å². The van der Waals surface area contributed by atoms with Crippen LogP contribution in [0.25, 0.3) is 112 Å². The van der Waals surface area contributed by atoms with E-state index in [1.807, 2.05) is 36.4 Å². The summed E-state index contributed by atoms with van der Waals surface area (Å²) in [6, 6.07) is 76.2. The molecule has 4 heterocycles. The Kier molecular flexibility index (Phi) is 8.38. The second-order valence-corrected chi connectivity index (χ2v) is 15.5. The van der Waals surface area contributed by atoms with Crippen molar-refractivity contribution in [1.82, 2.24) is 29.1 Å². The van der Waals surface area contributed by atoms with Crippen LogP contribution >= 0.6 is 0 Å². The van der Waals surface area contributed by atoms with Gasteiger partial charge in [0.25, 0.3) is 0 Å². The molecule has 0 amide bonds. The Bertz CT molecular complexity index is 3570. The molecule has 62 heavy (non-hydrogen) atoms. The van der Waals surface area contributed by atoms with Crippen LogP contribution in [-0.2, 0) is 0 Å². The molecular formula is C56H36N6. The van der Waals surface area contributed by atoms with Gasteiger partial charge >= 0.3 is 0 Å². The van der Waals surface area contributed by atoms with E-state index in [9.17, 15) is 0 Å². The number of fused-ring (bicyclic) bond motifs is 6. The average Bonchev–Trinajstić information content (AvgIpc) is 3.92. The molecule has 12 aromatic rings. The van der Waals surface area contributed by atoms with Crippen LogP contribution in [0.4, 0.5) is 0 Å². The van der Waals surface area contributed by atoms with Crippen LogP contribution in [0.2, 0.25) is 0 Å². The number of hydrogen-bond donors (Lipinski definition) is 0. The summed E-state index contributed by atoms with van der Waals surface area (Å²) in [6.45, 7) is 0. The maximum absolute atomic E-state index is 5.44. The maximum atomic E-state index is 5.44. The Labute approximate surface area is 357 Å². The molecule has 0 N–H and O–H groups in total. The fraction of sp³-hybridized carbons (Fsp3) is 0. The van der Waals surface area contributed by atoms with Crippen LogP contribution in [0.15, 0.2) is 218 Å². The van der Waals surface area contributed by atoms with Gasteiger partial charge in [-0.05, 0) is 47.3 Å². The molecule has 0 fully saturated rings. The van der Waals surface area contributed by atoms with Gasteiger partial charge in [0.05, 0.1) is 22.2 Å². The first-order valence-corrected chi connectivity index (χ1v) is 20.8. The Balaban J connectivity index is 1.07. The first-order chi connectivity index (χ1) is 30.7. The molecule has 290 valence electrons. The molecule has 0 saturated heterocycles. The van der Waals surface area contributed by atoms with Crippen molar-refractivity contribution in [2.75, 3.05) is 0 Å². The zero-order valence-corrected chi connectivity index (χ0v) is 33.5. The lowest BCUT2D eigenvalue weighted by molar-refractivity contribution is 0.979. The van der Waals surface area contributed by atoms with E-state index in [0.29, 0.717) is 17.5 Å². The molecule has 6 nitrogen and oxygen atoms in total. The summed E-state index contributed by atoms with van der Waals surface area (Å²) in [6.07, 6.45) is 0. The predicted octanol–water partition coefficient (Wildman–Crippen LogP) is 13.8. The normalized spacial score (nSPS) is 11.5. The molecule has 0 unspecified atom stereocenters. The van der Waals surface area contributed by atoms with Crippen LogP contribution in [0, 0.1) is 0 Å². The third-order valence-electron chi connectivity index (χ3n) is 11.8. The van der Waals surface area contributed by atoms with E-state index in [-0.39, 0.29) is 0 Å². The van der Waals surface area contributed by atoms with Gasteiger partial charge in [-0.1, -0.05) is 182 Å². The topological polar surface area (TPSA) is 60.9 Å². The third kappa shape index (κ3) is 5.96. The Morgan fingerprint density at radius 2 is 0.823 bits per heavy atom. The standard InChI is InChI=1S/C56H36N6/c1-4-18-37(19-5-1)50-36-40-24-10-11-29-45(40)53-51(52(60-62(50)53)38-20-6-2-7-21-38)41-25-16-26-42(34-41)55-57-54(39-22-8-3-9-23-39)58-56(59-55)43-27-17-28-44(35-43)61-48-32-14-12-30-46(48)47-31-13-15-33-49(47)61/h1-36H. The molecule has 0 aliphatic rings. The zero-order chi connectivity index (χ0) is 41.0. The minimum absolute atomic E-state index is 0.588. The fourth-order valence-electron chi connectivity index (χ4n) is 8.92. The van der Waals surface area contributed by atoms with Gasteiger partial charge in [0.15, 0.2) is 17.5 Å². The highest BCUT2D eigenvalue weighted by Crippen LogP contribution is 2.42. The molecule has 0 spiro atoms. The van der Waals surface area contributed by atoms with Crippen molar-refractivity contribution in [2.24, 2.45) is 0 Å². The molecular weight excluding hydrogens is 757 g/mol. The quantitative estimate of drug-likeness (QED) is 0.161. The average molecular weight is 793 g/mol. The predicted molar refractivity (Wildman–Crippen MR) is 253 cm³/mol. The van der Waals surface area contributed by atoms with Crippen molar-refractivity contribution in [3.05, 3.63) is 218 Å². The molecule has 8 aromatic carbocycles. The van der Waals surface area contributed by atoms with Crippen LogP contribution in [0.1, 0.15) is 0 Å². The Morgan fingerprint density at radius 3 is 1.48 bits per heavy atom. The number of para-hydroxylation sites is 2. The van der Waals surface area contributed by atoms with Crippen molar-refractivity contribution < 1.29 is 0 Å². The molecule has 12 rings (SSSR count). The van der Waals surface area contributed by atoms with Crippen LogP contribution < -0.4 is 0 Å². The lowest BCUT2D eigenvalue weighted by atomic mass is 9.95. The van der Waals surface area contributed by atoms with Crippen molar-refractivity contribution in [2.45, 2.75) is 0 Å². The Hall–Kier alpha value is -8.48. The first kappa shape index (κ1) is 35.5. The third-order valence-corrected chi connectivity index (χ3v) is 11.8. The highest BCUT2D eigenvalue weighted by Gasteiger charge is 2.23. The van der Waals surface area contributed by atoms with E-state index in [4.69, 9.17) is 20.1 Å². The molecule has 0 saturated carbocycles. The van der Waals surface area contributed by atoms with Crippen LogP contribution in [0.3, 0.4) is 0 Å². The van der Waals surface area contributed by atoms with Gasteiger partial charge in [-0.3, -0.25) is 0 Å². The summed E-state index contributed by atoms with van der Waals surface area (Å²) in [5.41, 5.74) is 13.2. The minimum Gasteiger partial charge on any atom is -0.309 e. The minimum atomic E-state index is 0.588. The molecule has 0 atom stereocenters. The Morgan fingerprint density at radius 1 is 0.339 bits per heavy atom. The maximum Gasteiger partial charge on any atom is 0.164 e. The van der Waals surface area contributed by atoms with Gasteiger partial charge in [-0.15, -0.1) is 0 Å². The number of benzene rings is 8. The molecule has 0 aliphatic carbocycles. The molecule has 0 bridgehead atoms. The van der Waals surface area contributed by atoms with Crippen molar-refractivity contribution in [3.8, 4) is 73.5 Å². The molecule has 4 aromatic heterocycles. The van der Waals surface area contributed by atoms with E-state index in [2.05, 4.69) is 191 Å². The van der Waals surface area contributed by atoms with Crippen molar-refractivity contribution in [1.29, 1.82) is 0 Å². The number of aromatic nitrogens is 6. The van der Waals surface area contributed by atoms with Crippen LogP contribution in [0.5, 0.6) is 0 Å². The summed E-state index contributed by atoms with van der Waals surface area (Å²) in [5, 5.41) is 10.1. The molecule has 6 heteroatoms. The number of nitrogens with zero attached hydrogens (tertiary/aromatic N) is 6. The summed E-state index contributed by atoms with van der Waals surface area (Å²) >= 11 is 0. The van der Waals surface area contributed by atoms with Gasteiger partial charge in [-0.25, -0.2) is 19.5 Å². The second-order valence-electron chi connectivity index (χ2n) is 15.5. The highest BCUT2D eigenvalue weighted by atomic mass is 15.2. The van der Waals surface area contributed by atoms with Crippen LogP contribution in [-0.4, -0.2) is 29.1 Å². The molecule has 0 aliphatic heterocycles. The molecule has 0 radical (unpaired) electrons. The van der Waals surface area contributed by atoms with Gasteiger partial charge in [0.2, 0.25) is 0 Å². The van der Waals surface area contributed by atoms with Gasteiger partial charge in [0, 0.05) is 55.2 Å². The largest absolute Gasteiger partial charge is 0.309 e. The lowest BCUT2D eigenvalue weighted by Gasteiger charge is -2.12. The smallest absolute Gasteiger partial charge is 0.164 e. The monoisotopic (exact) mass is 792 g/mol. The second kappa shape index (κ2) is 14.7.